The Bertz CT molecular complexity index is 566. The molecule has 0 aliphatic carbocycles. The molecule has 0 fully saturated rings. The second kappa shape index (κ2) is 3.89. The van der Waals surface area contributed by atoms with Gasteiger partial charge in [0.1, 0.15) is 0 Å². The van der Waals surface area contributed by atoms with E-state index in [1.165, 1.54) is 10.6 Å². The van der Waals surface area contributed by atoms with E-state index in [2.05, 4.69) is 4.98 Å². The first-order valence-corrected chi connectivity index (χ1v) is 4.85. The van der Waals surface area contributed by atoms with Crippen molar-refractivity contribution < 1.29 is 8.78 Å². The van der Waals surface area contributed by atoms with Crippen LogP contribution in [0.5, 0.6) is 0 Å². The van der Waals surface area contributed by atoms with Crippen LogP contribution in [0.1, 0.15) is 24.7 Å². The molecule has 82 valence electrons. The van der Waals surface area contributed by atoms with Gasteiger partial charge in [0.2, 0.25) is 0 Å². The molecule has 0 N–H and O–H groups in total. The summed E-state index contributed by atoms with van der Waals surface area (Å²) in [6.07, 6.45) is -2.60. The second-order valence-corrected chi connectivity index (χ2v) is 3.33. The van der Waals surface area contributed by atoms with Gasteiger partial charge in [0.05, 0.1) is 22.7 Å². The first kappa shape index (κ1) is 10.6. The van der Waals surface area contributed by atoms with E-state index in [9.17, 15) is 8.78 Å². The van der Waals surface area contributed by atoms with E-state index in [-0.39, 0.29) is 5.82 Å². The van der Waals surface area contributed by atoms with Crippen molar-refractivity contribution in [2.24, 2.45) is 0 Å². The molecular formula is C11H9F2N3. The van der Waals surface area contributed by atoms with Crippen LogP contribution < -0.4 is 0 Å². The van der Waals surface area contributed by atoms with E-state index in [1.54, 1.807) is 19.1 Å². The number of rotatable bonds is 2. The van der Waals surface area contributed by atoms with Gasteiger partial charge in [0, 0.05) is 6.54 Å². The Morgan fingerprint density at radius 3 is 2.81 bits per heavy atom. The molecule has 2 rings (SSSR count). The molecule has 1 aromatic carbocycles. The van der Waals surface area contributed by atoms with Crippen molar-refractivity contribution in [1.82, 2.24) is 9.55 Å². The summed E-state index contributed by atoms with van der Waals surface area (Å²) in [6, 6.07) is 6.73. The molecule has 0 aliphatic heterocycles. The van der Waals surface area contributed by atoms with Crippen LogP contribution >= 0.6 is 0 Å². The molecule has 0 saturated carbocycles. The second-order valence-electron chi connectivity index (χ2n) is 3.33. The fraction of sp³-hybridized carbons (Fsp3) is 0.273. The van der Waals surface area contributed by atoms with Crippen LogP contribution in [0.3, 0.4) is 0 Å². The number of nitriles is 1. The highest BCUT2D eigenvalue weighted by Crippen LogP contribution is 2.24. The average molecular weight is 221 g/mol. The van der Waals surface area contributed by atoms with Crippen molar-refractivity contribution in [1.29, 1.82) is 5.26 Å². The van der Waals surface area contributed by atoms with Gasteiger partial charge in [-0.3, -0.25) is 0 Å². The lowest BCUT2D eigenvalue weighted by molar-refractivity contribution is 0.136. The van der Waals surface area contributed by atoms with Gasteiger partial charge in [-0.05, 0) is 25.1 Å². The molecule has 0 spiro atoms. The smallest absolute Gasteiger partial charge is 0.295 e. The lowest BCUT2D eigenvalue weighted by Crippen LogP contribution is -2.01. The number of hydrogen-bond donors (Lipinski definition) is 0. The quantitative estimate of drug-likeness (QED) is 0.782. The Labute approximate surface area is 90.9 Å². The highest BCUT2D eigenvalue weighted by atomic mass is 19.3. The predicted octanol–water partition coefficient (Wildman–Crippen LogP) is 2.87. The van der Waals surface area contributed by atoms with Crippen LogP contribution in [0.15, 0.2) is 18.2 Å². The zero-order valence-electron chi connectivity index (χ0n) is 8.61. The van der Waals surface area contributed by atoms with E-state index in [0.29, 0.717) is 23.1 Å². The van der Waals surface area contributed by atoms with Gasteiger partial charge in [0.25, 0.3) is 6.43 Å². The maximum atomic E-state index is 12.7. The number of imidazole rings is 1. The van der Waals surface area contributed by atoms with Gasteiger partial charge < -0.3 is 4.57 Å². The Balaban J connectivity index is 2.72. The van der Waals surface area contributed by atoms with Gasteiger partial charge in [0.15, 0.2) is 5.82 Å². The minimum Gasteiger partial charge on any atom is -0.323 e. The van der Waals surface area contributed by atoms with Crippen molar-refractivity contribution in [3.05, 3.63) is 29.6 Å². The first-order valence-electron chi connectivity index (χ1n) is 4.85. The van der Waals surface area contributed by atoms with E-state index >= 15 is 0 Å². The maximum absolute atomic E-state index is 12.7. The average Bonchev–Trinajstić information content (AvgIpc) is 2.66. The molecule has 0 aliphatic rings. The van der Waals surface area contributed by atoms with Crippen LogP contribution in [0.25, 0.3) is 11.0 Å². The third-order valence-electron chi connectivity index (χ3n) is 2.42. The number of alkyl halides is 2. The van der Waals surface area contributed by atoms with Crippen LogP contribution in [0.4, 0.5) is 8.78 Å². The summed E-state index contributed by atoms with van der Waals surface area (Å²) in [7, 11) is 0. The molecule has 16 heavy (non-hydrogen) atoms. The fourth-order valence-corrected chi connectivity index (χ4v) is 1.72. The summed E-state index contributed by atoms with van der Waals surface area (Å²) < 4.78 is 26.8. The highest BCUT2D eigenvalue weighted by molar-refractivity contribution is 5.77. The normalized spacial score (nSPS) is 10.9. The molecule has 2 aromatic rings. The molecule has 3 nitrogen and oxygen atoms in total. The number of hydrogen-bond acceptors (Lipinski definition) is 2. The van der Waals surface area contributed by atoms with E-state index in [0.717, 1.165) is 0 Å². The standard InChI is InChI=1S/C11H9F2N3/c1-2-16-9-4-3-7(6-14)5-8(9)15-11(16)10(12)13/h3-5,10H,2H2,1H3. The molecule has 1 aromatic heterocycles. The first-order chi connectivity index (χ1) is 7.67. The Morgan fingerprint density at radius 2 is 2.25 bits per heavy atom. The third-order valence-corrected chi connectivity index (χ3v) is 2.42. The van der Waals surface area contributed by atoms with Gasteiger partial charge in [-0.1, -0.05) is 0 Å². The number of nitrogens with zero attached hydrogens (tertiary/aromatic N) is 3. The van der Waals surface area contributed by atoms with Crippen molar-refractivity contribution in [2.45, 2.75) is 19.9 Å². The summed E-state index contributed by atoms with van der Waals surface area (Å²) in [5.74, 6) is -0.243. The third kappa shape index (κ3) is 1.52. The van der Waals surface area contributed by atoms with Gasteiger partial charge in [-0.2, -0.15) is 5.26 Å². The minimum absolute atomic E-state index is 0.243. The lowest BCUT2D eigenvalue weighted by atomic mass is 10.2. The SMILES string of the molecule is CCn1c(C(F)F)nc2cc(C#N)ccc21. The van der Waals surface area contributed by atoms with Crippen LogP contribution in [0.2, 0.25) is 0 Å². The minimum atomic E-state index is -2.60. The molecule has 0 amide bonds. The van der Waals surface area contributed by atoms with E-state index in [1.807, 2.05) is 6.07 Å². The molecule has 0 radical (unpaired) electrons. The predicted molar refractivity (Wildman–Crippen MR) is 55.1 cm³/mol. The molecule has 0 bridgehead atoms. The molecule has 1 heterocycles. The molecule has 0 saturated heterocycles. The van der Waals surface area contributed by atoms with E-state index in [4.69, 9.17) is 5.26 Å². The number of halogens is 2. The summed E-state index contributed by atoms with van der Waals surface area (Å²) in [6.45, 7) is 2.22. The molecule has 0 atom stereocenters. The number of benzene rings is 1. The monoisotopic (exact) mass is 221 g/mol. The van der Waals surface area contributed by atoms with Crippen LogP contribution in [0, 0.1) is 11.3 Å². The number of aromatic nitrogens is 2. The van der Waals surface area contributed by atoms with Crippen LogP contribution in [-0.2, 0) is 6.54 Å². The van der Waals surface area contributed by atoms with Crippen molar-refractivity contribution in [3.8, 4) is 6.07 Å². The highest BCUT2D eigenvalue weighted by Gasteiger charge is 2.17. The summed E-state index contributed by atoms with van der Waals surface area (Å²) in [5, 5.41) is 8.71. The van der Waals surface area contributed by atoms with Crippen LogP contribution in [-0.4, -0.2) is 9.55 Å². The Hall–Kier alpha value is -1.96. The fourth-order valence-electron chi connectivity index (χ4n) is 1.72. The topological polar surface area (TPSA) is 41.6 Å². The zero-order chi connectivity index (χ0) is 11.7. The number of aryl methyl sites for hydroxylation is 1. The van der Waals surface area contributed by atoms with Crippen molar-refractivity contribution in [3.63, 3.8) is 0 Å². The number of fused-ring (bicyclic) bond motifs is 1. The lowest BCUT2D eigenvalue weighted by Gasteiger charge is -2.03. The summed E-state index contributed by atoms with van der Waals surface area (Å²) in [5.41, 5.74) is 1.50. The molecule has 5 heteroatoms. The van der Waals surface area contributed by atoms with Gasteiger partial charge in [-0.25, -0.2) is 13.8 Å². The van der Waals surface area contributed by atoms with Crippen molar-refractivity contribution in [2.75, 3.05) is 0 Å². The zero-order valence-corrected chi connectivity index (χ0v) is 8.61. The largest absolute Gasteiger partial charge is 0.323 e. The van der Waals surface area contributed by atoms with Crippen molar-refractivity contribution >= 4 is 11.0 Å². The van der Waals surface area contributed by atoms with Gasteiger partial charge in [-0.15, -0.1) is 0 Å². The summed E-state index contributed by atoms with van der Waals surface area (Å²) in [4.78, 5) is 3.85. The van der Waals surface area contributed by atoms with Gasteiger partial charge >= 0.3 is 0 Å². The summed E-state index contributed by atoms with van der Waals surface area (Å²) >= 11 is 0. The maximum Gasteiger partial charge on any atom is 0.295 e. The Kier molecular flexibility index (Phi) is 2.57. The van der Waals surface area contributed by atoms with E-state index < -0.39 is 6.43 Å². The molecular weight excluding hydrogens is 212 g/mol. The molecule has 0 unspecified atom stereocenters. The Morgan fingerprint density at radius 1 is 1.50 bits per heavy atom.